The van der Waals surface area contributed by atoms with Crippen LogP contribution in [0.25, 0.3) is 10.2 Å². The van der Waals surface area contributed by atoms with Gasteiger partial charge in [-0.05, 0) is 42.8 Å². The summed E-state index contributed by atoms with van der Waals surface area (Å²) < 4.78 is 44.9. The SMILES string of the molecule is Cc1cccc2sc(N(CCN3CCOCC3)C(=O)CCS(=O)(=O)c3ccc(F)cc3)nc12. The Labute approximate surface area is 196 Å². The number of ether oxygens (including phenoxy) is 1. The van der Waals surface area contributed by atoms with Crippen molar-refractivity contribution in [3.63, 3.8) is 0 Å². The number of sulfone groups is 1. The molecule has 0 unspecified atom stereocenters. The quantitative estimate of drug-likeness (QED) is 0.450. The van der Waals surface area contributed by atoms with Gasteiger partial charge in [0.15, 0.2) is 15.0 Å². The molecule has 1 amide bonds. The van der Waals surface area contributed by atoms with E-state index < -0.39 is 15.7 Å². The maximum Gasteiger partial charge on any atom is 0.229 e. The Bertz CT molecular complexity index is 1220. The second-order valence-electron chi connectivity index (χ2n) is 7.94. The highest BCUT2D eigenvalue weighted by Crippen LogP contribution is 2.31. The fourth-order valence-electron chi connectivity index (χ4n) is 3.70. The van der Waals surface area contributed by atoms with Crippen LogP contribution in [0.1, 0.15) is 12.0 Å². The standard InChI is InChI=1S/C23H26FN3O4S2/c1-17-3-2-4-20-22(17)25-23(32-20)27(11-10-26-12-14-31-15-13-26)21(28)9-16-33(29,30)19-7-5-18(24)6-8-19/h2-8H,9-16H2,1H3. The predicted molar refractivity (Wildman–Crippen MR) is 127 cm³/mol. The number of anilines is 1. The number of aromatic nitrogens is 1. The minimum absolute atomic E-state index is 0.00665. The van der Waals surface area contributed by atoms with E-state index in [1.54, 1.807) is 4.90 Å². The van der Waals surface area contributed by atoms with Crippen LogP contribution in [-0.4, -0.2) is 69.4 Å². The highest BCUT2D eigenvalue weighted by Gasteiger charge is 2.24. The third kappa shape index (κ3) is 5.75. The third-order valence-corrected chi connectivity index (χ3v) is 8.42. The predicted octanol–water partition coefficient (Wildman–Crippen LogP) is 3.27. The molecule has 4 rings (SSSR count). The van der Waals surface area contributed by atoms with E-state index in [1.165, 1.54) is 23.5 Å². The first-order valence-corrected chi connectivity index (χ1v) is 13.3. The molecule has 0 aliphatic carbocycles. The summed E-state index contributed by atoms with van der Waals surface area (Å²) in [5.74, 6) is -1.16. The molecule has 1 aliphatic heterocycles. The molecule has 2 heterocycles. The number of rotatable bonds is 8. The van der Waals surface area contributed by atoms with Crippen molar-refractivity contribution in [1.82, 2.24) is 9.88 Å². The van der Waals surface area contributed by atoms with Gasteiger partial charge in [-0.3, -0.25) is 14.6 Å². The summed E-state index contributed by atoms with van der Waals surface area (Å²) in [6, 6.07) is 10.5. The third-order valence-electron chi connectivity index (χ3n) is 5.64. The van der Waals surface area contributed by atoms with E-state index in [9.17, 15) is 17.6 Å². The molecule has 1 fully saturated rings. The molecule has 0 saturated carbocycles. The monoisotopic (exact) mass is 491 g/mol. The zero-order chi connectivity index (χ0) is 23.4. The van der Waals surface area contributed by atoms with E-state index in [1.807, 2.05) is 25.1 Å². The number of halogens is 1. The number of carbonyl (C=O) groups is 1. The Morgan fingerprint density at radius 1 is 1.18 bits per heavy atom. The molecule has 0 N–H and O–H groups in total. The molecule has 0 spiro atoms. The number of nitrogens with zero attached hydrogens (tertiary/aromatic N) is 3. The molecule has 0 radical (unpaired) electrons. The zero-order valence-corrected chi connectivity index (χ0v) is 20.0. The van der Waals surface area contributed by atoms with Crippen molar-refractivity contribution in [2.45, 2.75) is 18.2 Å². The van der Waals surface area contributed by atoms with Gasteiger partial charge in [0.05, 0.1) is 34.1 Å². The van der Waals surface area contributed by atoms with Crippen molar-refractivity contribution in [2.75, 3.05) is 50.0 Å². The van der Waals surface area contributed by atoms with E-state index in [0.29, 0.717) is 31.4 Å². The number of hydrogen-bond acceptors (Lipinski definition) is 7. The molecule has 1 aliphatic rings. The number of thiazole rings is 1. The van der Waals surface area contributed by atoms with Gasteiger partial charge in [0.25, 0.3) is 0 Å². The maximum atomic E-state index is 13.2. The van der Waals surface area contributed by atoms with Gasteiger partial charge in [0, 0.05) is 32.6 Å². The number of amides is 1. The normalized spacial score (nSPS) is 15.1. The van der Waals surface area contributed by atoms with Gasteiger partial charge in [0.2, 0.25) is 5.91 Å². The van der Waals surface area contributed by atoms with Crippen molar-refractivity contribution in [3.05, 3.63) is 53.8 Å². The van der Waals surface area contributed by atoms with Crippen LogP contribution >= 0.6 is 11.3 Å². The smallest absolute Gasteiger partial charge is 0.229 e. The van der Waals surface area contributed by atoms with E-state index in [-0.39, 0.29) is 23.0 Å². The van der Waals surface area contributed by atoms with Crippen LogP contribution < -0.4 is 4.90 Å². The Hall–Kier alpha value is -2.40. The molecule has 0 atom stereocenters. The number of benzene rings is 2. The molecule has 1 saturated heterocycles. The minimum Gasteiger partial charge on any atom is -0.379 e. The fourth-order valence-corrected chi connectivity index (χ4v) is 6.02. The van der Waals surface area contributed by atoms with Crippen molar-refractivity contribution in [2.24, 2.45) is 0 Å². The number of carbonyl (C=O) groups excluding carboxylic acids is 1. The van der Waals surface area contributed by atoms with Crippen molar-refractivity contribution in [3.8, 4) is 0 Å². The summed E-state index contributed by atoms with van der Waals surface area (Å²) in [4.78, 5) is 21.8. The average Bonchev–Trinajstić information content (AvgIpc) is 3.24. The van der Waals surface area contributed by atoms with E-state index in [2.05, 4.69) is 4.90 Å². The van der Waals surface area contributed by atoms with Crippen molar-refractivity contribution in [1.29, 1.82) is 0 Å². The maximum absolute atomic E-state index is 13.2. The van der Waals surface area contributed by atoms with Gasteiger partial charge >= 0.3 is 0 Å². The Balaban J connectivity index is 1.52. The summed E-state index contributed by atoms with van der Waals surface area (Å²) >= 11 is 1.43. The molecule has 33 heavy (non-hydrogen) atoms. The number of aryl methyl sites for hydroxylation is 1. The van der Waals surface area contributed by atoms with Crippen molar-refractivity contribution < 1.29 is 22.3 Å². The molecule has 3 aromatic rings. The summed E-state index contributed by atoms with van der Waals surface area (Å²) in [5.41, 5.74) is 1.87. The Morgan fingerprint density at radius 3 is 2.61 bits per heavy atom. The summed E-state index contributed by atoms with van der Waals surface area (Å²) in [5, 5.41) is 0.566. The minimum atomic E-state index is -3.71. The van der Waals surface area contributed by atoms with Crippen LogP contribution in [0, 0.1) is 12.7 Å². The fraction of sp³-hybridized carbons (Fsp3) is 0.391. The van der Waals surface area contributed by atoms with Crippen LogP contribution in [0.5, 0.6) is 0 Å². The Kier molecular flexibility index (Phi) is 7.38. The highest BCUT2D eigenvalue weighted by atomic mass is 32.2. The first-order chi connectivity index (χ1) is 15.8. The van der Waals surface area contributed by atoms with Gasteiger partial charge in [0.1, 0.15) is 5.82 Å². The lowest BCUT2D eigenvalue weighted by molar-refractivity contribution is -0.118. The topological polar surface area (TPSA) is 79.8 Å². The molecule has 176 valence electrons. The molecule has 10 heteroatoms. The van der Waals surface area contributed by atoms with Gasteiger partial charge in [-0.25, -0.2) is 17.8 Å². The average molecular weight is 492 g/mol. The number of fused-ring (bicyclic) bond motifs is 1. The molecule has 1 aromatic heterocycles. The van der Waals surface area contributed by atoms with Crippen LogP contribution in [0.4, 0.5) is 9.52 Å². The van der Waals surface area contributed by atoms with Gasteiger partial charge in [-0.1, -0.05) is 23.5 Å². The zero-order valence-electron chi connectivity index (χ0n) is 18.4. The molecule has 0 bridgehead atoms. The lowest BCUT2D eigenvalue weighted by Crippen LogP contribution is -2.43. The van der Waals surface area contributed by atoms with Gasteiger partial charge in [-0.2, -0.15) is 0 Å². The van der Waals surface area contributed by atoms with E-state index in [0.717, 1.165) is 41.0 Å². The van der Waals surface area contributed by atoms with Crippen LogP contribution in [0.3, 0.4) is 0 Å². The second-order valence-corrected chi connectivity index (χ2v) is 11.1. The van der Waals surface area contributed by atoms with E-state index >= 15 is 0 Å². The molecular weight excluding hydrogens is 465 g/mol. The number of morpholine rings is 1. The number of hydrogen-bond donors (Lipinski definition) is 0. The first kappa shape index (κ1) is 23.7. The largest absolute Gasteiger partial charge is 0.379 e. The van der Waals surface area contributed by atoms with Crippen LogP contribution in [0.15, 0.2) is 47.4 Å². The lowest BCUT2D eigenvalue weighted by atomic mass is 10.2. The van der Waals surface area contributed by atoms with Gasteiger partial charge < -0.3 is 4.74 Å². The molecule has 7 nitrogen and oxygen atoms in total. The van der Waals surface area contributed by atoms with Crippen LogP contribution in [-0.2, 0) is 19.4 Å². The summed E-state index contributed by atoms with van der Waals surface area (Å²) in [6.07, 6.45) is -0.183. The van der Waals surface area contributed by atoms with Gasteiger partial charge in [-0.15, -0.1) is 0 Å². The first-order valence-electron chi connectivity index (χ1n) is 10.8. The van der Waals surface area contributed by atoms with E-state index in [4.69, 9.17) is 9.72 Å². The molecular formula is C23H26FN3O4S2. The molecule has 2 aromatic carbocycles. The highest BCUT2D eigenvalue weighted by molar-refractivity contribution is 7.91. The Morgan fingerprint density at radius 2 is 1.91 bits per heavy atom. The van der Waals surface area contributed by atoms with Crippen LogP contribution in [0.2, 0.25) is 0 Å². The summed E-state index contributed by atoms with van der Waals surface area (Å²) in [6.45, 7) is 5.93. The van der Waals surface area contributed by atoms with Crippen molar-refractivity contribution >= 4 is 42.4 Å². The number of para-hydroxylation sites is 1. The second kappa shape index (κ2) is 10.3. The summed E-state index contributed by atoms with van der Waals surface area (Å²) in [7, 11) is -3.71. The lowest BCUT2D eigenvalue weighted by Gasteiger charge is -2.29.